The predicted octanol–water partition coefficient (Wildman–Crippen LogP) is 4.17. The number of piperidine rings is 1. The minimum atomic E-state index is -0.00802. The van der Waals surface area contributed by atoms with Gasteiger partial charge in [0.2, 0.25) is 0 Å². The standard InChI is InChI=1S/C23H27NO4/c1-3-27-20-15-16(26-2)14-18-22(20)21-17(23(18)25)8-7-9-19(21)28-13-12-24-10-5-4-6-11-24/h7-9,14-15H,3-6,10-13H2,1-2H3. The fourth-order valence-corrected chi connectivity index (χ4v) is 4.13. The smallest absolute Gasteiger partial charge is 0.194 e. The van der Waals surface area contributed by atoms with Crippen LogP contribution >= 0.6 is 0 Å². The molecule has 0 atom stereocenters. The Morgan fingerprint density at radius 2 is 1.75 bits per heavy atom. The third kappa shape index (κ3) is 3.47. The number of carbonyl (C=O) groups excluding carboxylic acids is 1. The Balaban J connectivity index is 1.65. The van der Waals surface area contributed by atoms with E-state index in [0.717, 1.165) is 36.5 Å². The second-order valence-corrected chi connectivity index (χ2v) is 7.24. The van der Waals surface area contributed by atoms with Crippen molar-refractivity contribution in [2.75, 3.05) is 40.0 Å². The number of rotatable bonds is 7. The maximum absolute atomic E-state index is 13.0. The molecule has 1 heterocycles. The first kappa shape index (κ1) is 18.8. The molecule has 0 radical (unpaired) electrons. The van der Waals surface area contributed by atoms with Gasteiger partial charge in [-0.05, 0) is 45.0 Å². The van der Waals surface area contributed by atoms with Gasteiger partial charge in [-0.3, -0.25) is 9.69 Å². The van der Waals surface area contributed by atoms with Crippen molar-refractivity contribution in [3.63, 3.8) is 0 Å². The lowest BCUT2D eigenvalue weighted by Crippen LogP contribution is -2.33. The Hall–Kier alpha value is -2.53. The van der Waals surface area contributed by atoms with E-state index in [-0.39, 0.29) is 5.78 Å². The molecule has 0 amide bonds. The zero-order valence-electron chi connectivity index (χ0n) is 16.6. The van der Waals surface area contributed by atoms with Crippen LogP contribution in [0.1, 0.15) is 42.1 Å². The summed E-state index contributed by atoms with van der Waals surface area (Å²) in [6, 6.07) is 9.32. The summed E-state index contributed by atoms with van der Waals surface area (Å²) in [4.78, 5) is 15.5. The molecule has 2 aromatic carbocycles. The number of benzene rings is 2. The van der Waals surface area contributed by atoms with Crippen LogP contribution in [-0.2, 0) is 0 Å². The molecule has 0 N–H and O–H groups in total. The van der Waals surface area contributed by atoms with E-state index < -0.39 is 0 Å². The van der Waals surface area contributed by atoms with E-state index in [1.54, 1.807) is 13.2 Å². The summed E-state index contributed by atoms with van der Waals surface area (Å²) >= 11 is 0. The lowest BCUT2D eigenvalue weighted by molar-refractivity contribution is 0.104. The van der Waals surface area contributed by atoms with Crippen LogP contribution in [0, 0.1) is 0 Å². The van der Waals surface area contributed by atoms with Crippen molar-refractivity contribution in [3.05, 3.63) is 41.5 Å². The highest BCUT2D eigenvalue weighted by Gasteiger charge is 2.33. The van der Waals surface area contributed by atoms with Crippen LogP contribution in [0.4, 0.5) is 0 Å². The lowest BCUT2D eigenvalue weighted by Gasteiger charge is -2.26. The van der Waals surface area contributed by atoms with E-state index in [9.17, 15) is 4.79 Å². The normalized spacial score (nSPS) is 15.9. The summed E-state index contributed by atoms with van der Waals surface area (Å²) in [6.45, 7) is 6.26. The predicted molar refractivity (Wildman–Crippen MR) is 109 cm³/mol. The molecule has 4 rings (SSSR count). The highest BCUT2D eigenvalue weighted by Crippen LogP contribution is 2.48. The fraction of sp³-hybridized carbons (Fsp3) is 0.435. The molecule has 0 unspecified atom stereocenters. The van der Waals surface area contributed by atoms with Crippen molar-refractivity contribution < 1.29 is 19.0 Å². The van der Waals surface area contributed by atoms with E-state index in [4.69, 9.17) is 14.2 Å². The molecule has 0 spiro atoms. The second kappa shape index (κ2) is 8.23. The van der Waals surface area contributed by atoms with Gasteiger partial charge in [0.05, 0.1) is 13.7 Å². The molecule has 5 heteroatoms. The van der Waals surface area contributed by atoms with Gasteiger partial charge in [-0.15, -0.1) is 0 Å². The molecular formula is C23H27NO4. The maximum Gasteiger partial charge on any atom is 0.194 e. The lowest BCUT2D eigenvalue weighted by atomic mass is 10.0. The van der Waals surface area contributed by atoms with Crippen molar-refractivity contribution in [1.29, 1.82) is 0 Å². The van der Waals surface area contributed by atoms with Gasteiger partial charge < -0.3 is 14.2 Å². The first-order valence-corrected chi connectivity index (χ1v) is 10.1. The van der Waals surface area contributed by atoms with Crippen LogP contribution in [0.3, 0.4) is 0 Å². The van der Waals surface area contributed by atoms with Gasteiger partial charge in [0, 0.05) is 34.9 Å². The molecule has 1 aliphatic heterocycles. The first-order chi connectivity index (χ1) is 13.7. The molecule has 148 valence electrons. The second-order valence-electron chi connectivity index (χ2n) is 7.24. The third-order valence-corrected chi connectivity index (χ3v) is 5.49. The number of methoxy groups -OCH3 is 1. The molecular weight excluding hydrogens is 354 g/mol. The Labute approximate surface area is 166 Å². The van der Waals surface area contributed by atoms with Crippen LogP contribution in [0.2, 0.25) is 0 Å². The minimum Gasteiger partial charge on any atom is -0.497 e. The number of fused-ring (bicyclic) bond motifs is 3. The van der Waals surface area contributed by atoms with Crippen molar-refractivity contribution in [3.8, 4) is 28.4 Å². The van der Waals surface area contributed by atoms with Crippen molar-refractivity contribution in [1.82, 2.24) is 4.90 Å². The zero-order valence-corrected chi connectivity index (χ0v) is 16.6. The third-order valence-electron chi connectivity index (χ3n) is 5.49. The molecule has 0 aromatic heterocycles. The molecule has 1 saturated heterocycles. The molecule has 5 nitrogen and oxygen atoms in total. The van der Waals surface area contributed by atoms with Crippen LogP contribution < -0.4 is 14.2 Å². The Kier molecular flexibility index (Phi) is 5.53. The van der Waals surface area contributed by atoms with Crippen LogP contribution in [0.5, 0.6) is 17.2 Å². The number of likely N-dealkylation sites (tertiary alicyclic amines) is 1. The van der Waals surface area contributed by atoms with Gasteiger partial charge in [-0.1, -0.05) is 18.6 Å². The summed E-state index contributed by atoms with van der Waals surface area (Å²) in [5, 5.41) is 0. The molecule has 1 aliphatic carbocycles. The summed E-state index contributed by atoms with van der Waals surface area (Å²) in [6.07, 6.45) is 3.86. The molecule has 2 aliphatic rings. The Bertz CT molecular complexity index is 871. The molecule has 1 fully saturated rings. The maximum atomic E-state index is 13.0. The van der Waals surface area contributed by atoms with Crippen molar-refractivity contribution >= 4 is 5.78 Å². The fourth-order valence-electron chi connectivity index (χ4n) is 4.13. The average Bonchev–Trinajstić information content (AvgIpc) is 3.02. The monoisotopic (exact) mass is 381 g/mol. The molecule has 0 saturated carbocycles. The Morgan fingerprint density at radius 1 is 0.964 bits per heavy atom. The van der Waals surface area contributed by atoms with E-state index in [0.29, 0.717) is 35.8 Å². The SMILES string of the molecule is CCOc1cc(OC)cc2c1-c1c(OCCN3CCCCC3)cccc1C2=O. The quantitative estimate of drug-likeness (QED) is 0.615. The Morgan fingerprint density at radius 3 is 2.50 bits per heavy atom. The number of hydrogen-bond acceptors (Lipinski definition) is 5. The molecule has 0 bridgehead atoms. The van der Waals surface area contributed by atoms with E-state index in [1.807, 2.05) is 31.2 Å². The van der Waals surface area contributed by atoms with Gasteiger partial charge in [-0.2, -0.15) is 0 Å². The highest BCUT2D eigenvalue weighted by molar-refractivity contribution is 6.23. The van der Waals surface area contributed by atoms with Gasteiger partial charge in [0.1, 0.15) is 23.9 Å². The van der Waals surface area contributed by atoms with E-state index in [1.165, 1.54) is 19.3 Å². The number of carbonyl (C=O) groups is 1. The number of hydrogen-bond donors (Lipinski definition) is 0. The minimum absolute atomic E-state index is 0.00802. The summed E-state index contributed by atoms with van der Waals surface area (Å²) in [7, 11) is 1.60. The highest BCUT2D eigenvalue weighted by atomic mass is 16.5. The van der Waals surface area contributed by atoms with E-state index in [2.05, 4.69) is 4.90 Å². The van der Waals surface area contributed by atoms with Gasteiger partial charge in [0.25, 0.3) is 0 Å². The summed E-state index contributed by atoms with van der Waals surface area (Å²) < 4.78 is 17.4. The van der Waals surface area contributed by atoms with Crippen molar-refractivity contribution in [2.45, 2.75) is 26.2 Å². The number of ketones is 1. The number of nitrogens with zero attached hydrogens (tertiary/aromatic N) is 1. The van der Waals surface area contributed by atoms with Crippen molar-refractivity contribution in [2.24, 2.45) is 0 Å². The molecule has 28 heavy (non-hydrogen) atoms. The zero-order chi connectivity index (χ0) is 19.5. The summed E-state index contributed by atoms with van der Waals surface area (Å²) in [5.41, 5.74) is 2.94. The molecule has 2 aromatic rings. The van der Waals surface area contributed by atoms with Gasteiger partial charge in [-0.25, -0.2) is 0 Å². The van der Waals surface area contributed by atoms with Gasteiger partial charge >= 0.3 is 0 Å². The summed E-state index contributed by atoms with van der Waals surface area (Å²) in [5.74, 6) is 2.02. The average molecular weight is 381 g/mol. The van der Waals surface area contributed by atoms with Crippen LogP contribution in [-0.4, -0.2) is 50.6 Å². The van der Waals surface area contributed by atoms with Crippen LogP contribution in [0.15, 0.2) is 30.3 Å². The largest absolute Gasteiger partial charge is 0.497 e. The number of ether oxygens (including phenoxy) is 3. The van der Waals surface area contributed by atoms with Gasteiger partial charge in [0.15, 0.2) is 5.78 Å². The first-order valence-electron chi connectivity index (χ1n) is 10.1. The van der Waals surface area contributed by atoms with Crippen LogP contribution in [0.25, 0.3) is 11.1 Å². The topological polar surface area (TPSA) is 48.0 Å². The van der Waals surface area contributed by atoms with E-state index >= 15 is 0 Å².